The van der Waals surface area contributed by atoms with E-state index in [-0.39, 0.29) is 0 Å². The van der Waals surface area contributed by atoms with E-state index in [1.165, 1.54) is 0 Å². The Hall–Kier alpha value is -2.49. The molecule has 2 rings (SSSR count). The summed E-state index contributed by atoms with van der Waals surface area (Å²) in [5, 5.41) is 12.6. The van der Waals surface area contributed by atoms with Crippen molar-refractivity contribution in [3.63, 3.8) is 0 Å². The number of hydrogen-bond acceptors (Lipinski definition) is 3. The first-order chi connectivity index (χ1) is 9.56. The quantitative estimate of drug-likeness (QED) is 0.877. The Morgan fingerprint density at radius 2 is 1.70 bits per heavy atom. The summed E-state index contributed by atoms with van der Waals surface area (Å²) in [6.07, 6.45) is 0. The first-order valence-electron chi connectivity index (χ1n) is 6.27. The van der Waals surface area contributed by atoms with Gasteiger partial charge in [0, 0.05) is 5.69 Å². The molecule has 0 heterocycles. The van der Waals surface area contributed by atoms with Gasteiger partial charge in [0.2, 0.25) is 0 Å². The van der Waals surface area contributed by atoms with Crippen LogP contribution in [-0.4, -0.2) is 18.2 Å². The predicted molar refractivity (Wildman–Crippen MR) is 78.0 cm³/mol. The van der Waals surface area contributed by atoms with E-state index in [9.17, 15) is 9.90 Å². The lowest BCUT2D eigenvalue weighted by Gasteiger charge is -2.28. The minimum atomic E-state index is -1.18. The van der Waals surface area contributed by atoms with Crippen molar-refractivity contribution in [3.8, 4) is 5.75 Å². The Morgan fingerprint density at radius 1 is 1.10 bits per heavy atom. The number of benzene rings is 2. The van der Waals surface area contributed by atoms with Gasteiger partial charge in [-0.25, -0.2) is 4.79 Å². The topological polar surface area (TPSA) is 58.6 Å². The van der Waals surface area contributed by atoms with E-state index in [2.05, 4.69) is 5.32 Å². The molecule has 1 atom stereocenters. The molecule has 0 fully saturated rings. The summed E-state index contributed by atoms with van der Waals surface area (Å²) in [4.78, 5) is 11.7. The number of anilines is 1. The number of carboxylic acids is 1. The van der Waals surface area contributed by atoms with E-state index in [1.807, 2.05) is 18.2 Å². The predicted octanol–water partition coefficient (Wildman–Crippen LogP) is 3.11. The summed E-state index contributed by atoms with van der Waals surface area (Å²) in [6, 6.07) is 16.3. The minimum absolute atomic E-state index is 0.698. The van der Waals surface area contributed by atoms with E-state index in [0.717, 1.165) is 11.4 Å². The molecule has 0 aliphatic rings. The Kier molecular flexibility index (Phi) is 3.94. The lowest BCUT2D eigenvalue weighted by atomic mass is 9.91. The average molecular weight is 271 g/mol. The van der Waals surface area contributed by atoms with Crippen LogP contribution in [0.2, 0.25) is 0 Å². The van der Waals surface area contributed by atoms with E-state index in [4.69, 9.17) is 4.74 Å². The number of aliphatic carboxylic acids is 1. The molecule has 4 nitrogen and oxygen atoms in total. The Bertz CT molecular complexity index is 580. The molecule has 20 heavy (non-hydrogen) atoms. The van der Waals surface area contributed by atoms with Crippen molar-refractivity contribution in [1.82, 2.24) is 0 Å². The van der Waals surface area contributed by atoms with Gasteiger partial charge in [-0.15, -0.1) is 0 Å². The minimum Gasteiger partial charge on any atom is -0.497 e. The van der Waals surface area contributed by atoms with Crippen LogP contribution in [0.4, 0.5) is 5.69 Å². The highest BCUT2D eigenvalue weighted by atomic mass is 16.5. The van der Waals surface area contributed by atoms with Gasteiger partial charge in [0.1, 0.15) is 5.75 Å². The molecule has 104 valence electrons. The van der Waals surface area contributed by atoms with Crippen molar-refractivity contribution in [3.05, 3.63) is 60.2 Å². The molecule has 2 aromatic carbocycles. The molecule has 2 N–H and O–H groups in total. The van der Waals surface area contributed by atoms with Crippen LogP contribution in [0.3, 0.4) is 0 Å². The van der Waals surface area contributed by atoms with Crippen LogP contribution in [0.5, 0.6) is 5.75 Å². The van der Waals surface area contributed by atoms with Crippen molar-refractivity contribution in [2.45, 2.75) is 12.5 Å². The van der Waals surface area contributed by atoms with Crippen LogP contribution < -0.4 is 10.1 Å². The lowest BCUT2D eigenvalue weighted by molar-refractivity contribution is -0.142. The monoisotopic (exact) mass is 271 g/mol. The SMILES string of the molecule is COc1ccc(NC(C)(C(=O)O)c2ccccc2)cc1. The fourth-order valence-corrected chi connectivity index (χ4v) is 1.98. The summed E-state index contributed by atoms with van der Waals surface area (Å²) in [6.45, 7) is 1.65. The summed E-state index contributed by atoms with van der Waals surface area (Å²) in [7, 11) is 1.59. The summed E-state index contributed by atoms with van der Waals surface area (Å²) in [5.74, 6) is -0.202. The number of methoxy groups -OCH3 is 1. The van der Waals surface area contributed by atoms with Gasteiger partial charge in [-0.2, -0.15) is 0 Å². The molecule has 0 radical (unpaired) electrons. The smallest absolute Gasteiger partial charge is 0.333 e. The summed E-state index contributed by atoms with van der Waals surface area (Å²) in [5.41, 5.74) is 0.235. The third-order valence-corrected chi connectivity index (χ3v) is 3.26. The highest BCUT2D eigenvalue weighted by molar-refractivity contribution is 5.84. The second-order valence-corrected chi connectivity index (χ2v) is 4.65. The van der Waals surface area contributed by atoms with Gasteiger partial charge < -0.3 is 15.2 Å². The molecule has 0 bridgehead atoms. The second kappa shape index (κ2) is 5.65. The third kappa shape index (κ3) is 2.74. The van der Waals surface area contributed by atoms with Gasteiger partial charge in [0.15, 0.2) is 5.54 Å². The van der Waals surface area contributed by atoms with Crippen molar-refractivity contribution < 1.29 is 14.6 Å². The van der Waals surface area contributed by atoms with Gasteiger partial charge in [-0.1, -0.05) is 30.3 Å². The fourth-order valence-electron chi connectivity index (χ4n) is 1.98. The van der Waals surface area contributed by atoms with Crippen LogP contribution in [0.1, 0.15) is 12.5 Å². The van der Waals surface area contributed by atoms with E-state index in [1.54, 1.807) is 50.4 Å². The zero-order valence-electron chi connectivity index (χ0n) is 11.5. The Morgan fingerprint density at radius 3 is 2.20 bits per heavy atom. The molecule has 0 amide bonds. The zero-order valence-corrected chi connectivity index (χ0v) is 11.5. The number of rotatable bonds is 5. The molecule has 2 aromatic rings. The number of carbonyl (C=O) groups is 1. The number of ether oxygens (including phenoxy) is 1. The van der Waals surface area contributed by atoms with Crippen LogP contribution in [0.15, 0.2) is 54.6 Å². The average Bonchev–Trinajstić information content (AvgIpc) is 2.48. The second-order valence-electron chi connectivity index (χ2n) is 4.65. The van der Waals surface area contributed by atoms with Crippen LogP contribution >= 0.6 is 0 Å². The zero-order chi connectivity index (χ0) is 14.6. The number of nitrogens with one attached hydrogen (secondary N) is 1. The van der Waals surface area contributed by atoms with Crippen molar-refractivity contribution >= 4 is 11.7 Å². The van der Waals surface area contributed by atoms with E-state index < -0.39 is 11.5 Å². The highest BCUT2D eigenvalue weighted by Crippen LogP contribution is 2.27. The van der Waals surface area contributed by atoms with Crippen molar-refractivity contribution in [2.75, 3.05) is 12.4 Å². The van der Waals surface area contributed by atoms with Gasteiger partial charge >= 0.3 is 5.97 Å². The molecule has 0 aliphatic carbocycles. The summed E-state index contributed by atoms with van der Waals surface area (Å²) < 4.78 is 5.09. The van der Waals surface area contributed by atoms with Crippen molar-refractivity contribution in [2.24, 2.45) is 0 Å². The molecular formula is C16H17NO3. The molecule has 0 aliphatic heterocycles. The highest BCUT2D eigenvalue weighted by Gasteiger charge is 2.34. The first-order valence-corrected chi connectivity index (χ1v) is 6.27. The molecule has 1 unspecified atom stereocenters. The maximum Gasteiger partial charge on any atom is 0.333 e. The summed E-state index contributed by atoms with van der Waals surface area (Å²) >= 11 is 0. The normalized spacial score (nSPS) is 13.3. The molecule has 0 saturated heterocycles. The van der Waals surface area contributed by atoms with Gasteiger partial charge in [-0.05, 0) is 36.8 Å². The maximum atomic E-state index is 11.7. The molecular weight excluding hydrogens is 254 g/mol. The van der Waals surface area contributed by atoms with Crippen molar-refractivity contribution in [1.29, 1.82) is 0 Å². The maximum absolute atomic E-state index is 11.7. The first kappa shape index (κ1) is 13.9. The van der Waals surface area contributed by atoms with Crippen LogP contribution in [-0.2, 0) is 10.3 Å². The Labute approximate surface area is 118 Å². The molecule has 0 saturated carbocycles. The molecule has 0 aromatic heterocycles. The van der Waals surface area contributed by atoms with Gasteiger partial charge in [0.25, 0.3) is 0 Å². The van der Waals surface area contributed by atoms with E-state index >= 15 is 0 Å². The standard InChI is InChI=1S/C16H17NO3/c1-16(15(18)19,12-6-4-3-5-7-12)17-13-8-10-14(20-2)11-9-13/h3-11,17H,1-2H3,(H,18,19). The number of carboxylic acid groups (broad SMARTS) is 1. The number of hydrogen-bond donors (Lipinski definition) is 2. The fraction of sp³-hybridized carbons (Fsp3) is 0.188. The molecule has 4 heteroatoms. The van der Waals surface area contributed by atoms with Gasteiger partial charge in [-0.3, -0.25) is 0 Å². The van der Waals surface area contributed by atoms with Crippen LogP contribution in [0, 0.1) is 0 Å². The van der Waals surface area contributed by atoms with E-state index in [0.29, 0.717) is 5.56 Å². The molecule has 0 spiro atoms. The lowest BCUT2D eigenvalue weighted by Crippen LogP contribution is -2.40. The third-order valence-electron chi connectivity index (χ3n) is 3.26. The van der Waals surface area contributed by atoms with Gasteiger partial charge in [0.05, 0.1) is 7.11 Å². The van der Waals surface area contributed by atoms with Crippen LogP contribution in [0.25, 0.3) is 0 Å². The largest absolute Gasteiger partial charge is 0.497 e. The Balaban J connectivity index is 2.32.